The molecule has 5 heteroatoms. The van der Waals surface area contributed by atoms with Gasteiger partial charge in [0.1, 0.15) is 9.84 Å². The SMILES string of the molecule is COC1(C(O)CCS(C)(=O)=O)CCC1. The Labute approximate surface area is 85.2 Å². The topological polar surface area (TPSA) is 63.6 Å². The molecule has 0 bridgehead atoms. The van der Waals surface area contributed by atoms with Crippen LogP contribution in [0.5, 0.6) is 0 Å². The van der Waals surface area contributed by atoms with Crippen LogP contribution in [0.4, 0.5) is 0 Å². The van der Waals surface area contributed by atoms with E-state index in [0.717, 1.165) is 19.3 Å². The third kappa shape index (κ3) is 2.68. The number of sulfone groups is 1. The third-order valence-corrected chi connectivity index (χ3v) is 3.95. The predicted molar refractivity (Wildman–Crippen MR) is 53.9 cm³/mol. The molecule has 1 rings (SSSR count). The van der Waals surface area contributed by atoms with E-state index in [2.05, 4.69) is 0 Å². The van der Waals surface area contributed by atoms with E-state index < -0.39 is 21.5 Å². The zero-order chi connectivity index (χ0) is 10.8. The van der Waals surface area contributed by atoms with Crippen molar-refractivity contribution in [2.24, 2.45) is 0 Å². The summed E-state index contributed by atoms with van der Waals surface area (Å²) in [6.07, 6.45) is 3.50. The van der Waals surface area contributed by atoms with Gasteiger partial charge in [-0.1, -0.05) is 0 Å². The first-order chi connectivity index (χ1) is 6.40. The zero-order valence-corrected chi connectivity index (χ0v) is 9.51. The Kier molecular flexibility index (Phi) is 3.55. The van der Waals surface area contributed by atoms with Crippen molar-refractivity contribution in [2.45, 2.75) is 37.4 Å². The van der Waals surface area contributed by atoms with Crippen LogP contribution in [0.15, 0.2) is 0 Å². The fourth-order valence-electron chi connectivity index (χ4n) is 1.79. The van der Waals surface area contributed by atoms with Gasteiger partial charge in [-0.05, 0) is 25.7 Å². The Morgan fingerprint density at radius 1 is 1.50 bits per heavy atom. The van der Waals surface area contributed by atoms with Gasteiger partial charge in [0.05, 0.1) is 17.5 Å². The van der Waals surface area contributed by atoms with Crippen molar-refractivity contribution >= 4 is 9.84 Å². The van der Waals surface area contributed by atoms with Gasteiger partial charge in [-0.3, -0.25) is 0 Å². The maximum absolute atomic E-state index is 10.9. The number of aliphatic hydroxyl groups is 1. The van der Waals surface area contributed by atoms with E-state index in [1.807, 2.05) is 0 Å². The first-order valence-electron chi connectivity index (χ1n) is 4.80. The summed E-state index contributed by atoms with van der Waals surface area (Å²) in [5.41, 5.74) is -0.468. The van der Waals surface area contributed by atoms with Crippen molar-refractivity contribution in [3.05, 3.63) is 0 Å². The van der Waals surface area contributed by atoms with Gasteiger partial charge in [0.2, 0.25) is 0 Å². The number of hydrogen-bond donors (Lipinski definition) is 1. The molecule has 1 fully saturated rings. The van der Waals surface area contributed by atoms with Gasteiger partial charge in [0.25, 0.3) is 0 Å². The summed E-state index contributed by atoms with van der Waals surface area (Å²) in [4.78, 5) is 0. The van der Waals surface area contributed by atoms with Gasteiger partial charge >= 0.3 is 0 Å². The molecule has 0 aromatic heterocycles. The summed E-state index contributed by atoms with van der Waals surface area (Å²) in [5.74, 6) is 0.0271. The van der Waals surface area contributed by atoms with E-state index in [1.54, 1.807) is 7.11 Å². The number of methoxy groups -OCH3 is 1. The second kappa shape index (κ2) is 4.16. The predicted octanol–water partition coefficient (Wildman–Crippen LogP) is 0.351. The molecule has 0 amide bonds. The van der Waals surface area contributed by atoms with Crippen LogP contribution < -0.4 is 0 Å². The average molecular weight is 222 g/mol. The summed E-state index contributed by atoms with van der Waals surface area (Å²) in [5, 5.41) is 9.79. The summed E-state index contributed by atoms with van der Waals surface area (Å²) in [6.45, 7) is 0. The molecule has 1 aliphatic carbocycles. The largest absolute Gasteiger partial charge is 0.390 e. The van der Waals surface area contributed by atoms with Crippen molar-refractivity contribution in [2.75, 3.05) is 19.1 Å². The molecule has 1 saturated carbocycles. The van der Waals surface area contributed by atoms with Gasteiger partial charge in [-0.15, -0.1) is 0 Å². The lowest BCUT2D eigenvalue weighted by molar-refractivity contribution is -0.149. The molecule has 0 aromatic carbocycles. The van der Waals surface area contributed by atoms with Crippen molar-refractivity contribution in [3.63, 3.8) is 0 Å². The van der Waals surface area contributed by atoms with Crippen LogP contribution in [0, 0.1) is 0 Å². The van der Waals surface area contributed by atoms with Crippen LogP contribution >= 0.6 is 0 Å². The Balaban J connectivity index is 2.45. The van der Waals surface area contributed by atoms with Gasteiger partial charge in [-0.25, -0.2) is 8.42 Å². The first kappa shape index (κ1) is 11.9. The molecular weight excluding hydrogens is 204 g/mol. The van der Waals surface area contributed by atoms with E-state index in [1.165, 1.54) is 6.26 Å². The molecule has 1 aliphatic rings. The van der Waals surface area contributed by atoms with Gasteiger partial charge in [0.15, 0.2) is 0 Å². The highest BCUT2D eigenvalue weighted by Crippen LogP contribution is 2.39. The summed E-state index contributed by atoms with van der Waals surface area (Å²) in [7, 11) is -1.42. The zero-order valence-electron chi connectivity index (χ0n) is 8.69. The van der Waals surface area contributed by atoms with E-state index in [9.17, 15) is 13.5 Å². The normalized spacial score (nSPS) is 22.8. The minimum Gasteiger partial charge on any atom is -0.390 e. The number of ether oxygens (including phenoxy) is 1. The fraction of sp³-hybridized carbons (Fsp3) is 1.00. The first-order valence-corrected chi connectivity index (χ1v) is 6.87. The van der Waals surface area contributed by atoms with Gasteiger partial charge in [0, 0.05) is 13.4 Å². The lowest BCUT2D eigenvalue weighted by atomic mass is 9.75. The van der Waals surface area contributed by atoms with E-state index in [0.29, 0.717) is 0 Å². The minimum absolute atomic E-state index is 0.0271. The number of rotatable bonds is 5. The second-order valence-corrected chi connectivity index (χ2v) is 6.32. The molecule has 0 spiro atoms. The van der Waals surface area contributed by atoms with Crippen LogP contribution in [-0.2, 0) is 14.6 Å². The molecular formula is C9H18O4S. The average Bonchev–Trinajstić information content (AvgIpc) is 1.98. The summed E-state index contributed by atoms with van der Waals surface area (Å²) >= 11 is 0. The van der Waals surface area contributed by atoms with Crippen molar-refractivity contribution in [1.29, 1.82) is 0 Å². The van der Waals surface area contributed by atoms with E-state index >= 15 is 0 Å². The monoisotopic (exact) mass is 222 g/mol. The van der Waals surface area contributed by atoms with Crippen LogP contribution in [0.3, 0.4) is 0 Å². The highest BCUT2D eigenvalue weighted by molar-refractivity contribution is 7.90. The smallest absolute Gasteiger partial charge is 0.147 e. The van der Waals surface area contributed by atoms with Crippen LogP contribution in [-0.4, -0.2) is 44.3 Å². The maximum Gasteiger partial charge on any atom is 0.147 e. The van der Waals surface area contributed by atoms with E-state index in [4.69, 9.17) is 4.74 Å². The third-order valence-electron chi connectivity index (χ3n) is 2.98. The molecule has 0 aromatic rings. The highest BCUT2D eigenvalue weighted by atomic mass is 32.2. The fourth-order valence-corrected chi connectivity index (χ4v) is 2.44. The summed E-state index contributed by atoms with van der Waals surface area (Å²) in [6, 6.07) is 0. The molecule has 1 N–H and O–H groups in total. The highest BCUT2D eigenvalue weighted by Gasteiger charge is 2.43. The molecule has 84 valence electrons. The van der Waals surface area contributed by atoms with E-state index in [-0.39, 0.29) is 12.2 Å². The summed E-state index contributed by atoms with van der Waals surface area (Å²) < 4.78 is 27.1. The molecule has 0 aliphatic heterocycles. The molecule has 4 nitrogen and oxygen atoms in total. The Hall–Kier alpha value is -0.130. The molecule has 0 heterocycles. The molecule has 14 heavy (non-hydrogen) atoms. The Bertz CT molecular complexity index is 274. The minimum atomic E-state index is -2.99. The van der Waals surface area contributed by atoms with Gasteiger partial charge < -0.3 is 9.84 Å². The van der Waals surface area contributed by atoms with Crippen molar-refractivity contribution in [1.82, 2.24) is 0 Å². The van der Waals surface area contributed by atoms with Crippen LogP contribution in [0.25, 0.3) is 0 Å². The standard InChI is InChI=1S/C9H18O4S/c1-13-9(5-3-6-9)8(10)4-7-14(2,11)12/h8,10H,3-7H2,1-2H3. The second-order valence-electron chi connectivity index (χ2n) is 4.06. The van der Waals surface area contributed by atoms with Crippen molar-refractivity contribution in [3.8, 4) is 0 Å². The van der Waals surface area contributed by atoms with Gasteiger partial charge in [-0.2, -0.15) is 0 Å². The lowest BCUT2D eigenvalue weighted by Crippen LogP contribution is -2.50. The Morgan fingerprint density at radius 2 is 2.07 bits per heavy atom. The number of aliphatic hydroxyl groups excluding tert-OH is 1. The Morgan fingerprint density at radius 3 is 2.36 bits per heavy atom. The molecule has 1 atom stereocenters. The quantitative estimate of drug-likeness (QED) is 0.729. The molecule has 0 saturated heterocycles. The van der Waals surface area contributed by atoms with Crippen LogP contribution in [0.2, 0.25) is 0 Å². The lowest BCUT2D eigenvalue weighted by Gasteiger charge is -2.44. The molecule has 0 radical (unpaired) electrons. The van der Waals surface area contributed by atoms with Crippen LogP contribution in [0.1, 0.15) is 25.7 Å². The number of hydrogen-bond acceptors (Lipinski definition) is 4. The van der Waals surface area contributed by atoms with Crippen molar-refractivity contribution < 1.29 is 18.3 Å². The maximum atomic E-state index is 10.9. The molecule has 1 unspecified atom stereocenters.